The second kappa shape index (κ2) is 3.48. The molecule has 0 bridgehead atoms. The van der Waals surface area contributed by atoms with Crippen LogP contribution in [-0.2, 0) is 6.54 Å². The van der Waals surface area contributed by atoms with E-state index in [9.17, 15) is 13.6 Å². The van der Waals surface area contributed by atoms with Gasteiger partial charge in [0.25, 0.3) is 6.43 Å². The number of carbonyl (C=O) groups is 1. The second-order valence-corrected chi connectivity index (χ2v) is 3.18. The number of aromatic carboxylic acids is 1. The van der Waals surface area contributed by atoms with Gasteiger partial charge >= 0.3 is 5.97 Å². The van der Waals surface area contributed by atoms with Crippen molar-refractivity contribution in [2.75, 3.05) is 0 Å². The van der Waals surface area contributed by atoms with E-state index in [4.69, 9.17) is 9.84 Å². The van der Waals surface area contributed by atoms with E-state index in [1.54, 1.807) is 0 Å². The minimum absolute atomic E-state index is 0.0870. The molecule has 0 saturated carbocycles. The molecule has 82 valence electrons. The zero-order valence-corrected chi connectivity index (χ0v) is 7.56. The van der Waals surface area contributed by atoms with Crippen molar-refractivity contribution in [2.24, 2.45) is 0 Å². The average molecular weight is 218 g/mol. The van der Waals surface area contributed by atoms with Crippen LogP contribution >= 0.6 is 0 Å². The number of alkyl halides is 2. The number of hydrogen-bond donors (Lipinski definition) is 1. The molecule has 0 aliphatic carbocycles. The lowest BCUT2D eigenvalue weighted by Crippen LogP contribution is -2.32. The molecule has 1 aliphatic rings. The van der Waals surface area contributed by atoms with Gasteiger partial charge in [-0.1, -0.05) is 0 Å². The van der Waals surface area contributed by atoms with Gasteiger partial charge in [-0.3, -0.25) is 0 Å². The first kappa shape index (κ1) is 9.88. The van der Waals surface area contributed by atoms with Crippen molar-refractivity contribution in [1.29, 1.82) is 0 Å². The molecule has 1 aromatic rings. The lowest BCUT2D eigenvalue weighted by atomic mass is 10.2. The van der Waals surface area contributed by atoms with Crippen LogP contribution < -0.4 is 4.74 Å². The Morgan fingerprint density at radius 2 is 2.47 bits per heavy atom. The van der Waals surface area contributed by atoms with Gasteiger partial charge in [0.2, 0.25) is 5.88 Å². The summed E-state index contributed by atoms with van der Waals surface area (Å²) in [5.74, 6) is -1.11. The SMILES string of the molecule is O=C(O)c1cc2n(n1)CC[C@H](C(F)F)O2. The number of ether oxygens (including phenoxy) is 1. The zero-order valence-electron chi connectivity index (χ0n) is 7.56. The van der Waals surface area contributed by atoms with Crippen molar-refractivity contribution in [1.82, 2.24) is 9.78 Å². The Morgan fingerprint density at radius 1 is 1.73 bits per heavy atom. The van der Waals surface area contributed by atoms with Crippen LogP contribution in [0.5, 0.6) is 5.88 Å². The Labute approximate surface area is 83.3 Å². The molecule has 1 aliphatic heterocycles. The van der Waals surface area contributed by atoms with Crippen LogP contribution in [0, 0.1) is 0 Å². The fourth-order valence-electron chi connectivity index (χ4n) is 1.40. The molecule has 0 amide bonds. The number of aromatic nitrogens is 2. The van der Waals surface area contributed by atoms with Gasteiger partial charge in [0.1, 0.15) is 0 Å². The summed E-state index contributed by atoms with van der Waals surface area (Å²) in [6, 6.07) is 1.15. The van der Waals surface area contributed by atoms with Gasteiger partial charge in [0, 0.05) is 19.0 Å². The number of hydrogen-bond acceptors (Lipinski definition) is 3. The third-order valence-electron chi connectivity index (χ3n) is 2.14. The van der Waals surface area contributed by atoms with Crippen molar-refractivity contribution >= 4 is 5.97 Å². The van der Waals surface area contributed by atoms with E-state index in [0.29, 0.717) is 0 Å². The monoisotopic (exact) mass is 218 g/mol. The molecule has 1 atom stereocenters. The maximum atomic E-state index is 12.3. The summed E-state index contributed by atoms with van der Waals surface area (Å²) in [6.45, 7) is 0.248. The van der Waals surface area contributed by atoms with E-state index < -0.39 is 18.5 Å². The topological polar surface area (TPSA) is 64.3 Å². The highest BCUT2D eigenvalue weighted by Gasteiger charge is 2.29. The van der Waals surface area contributed by atoms with E-state index in [1.165, 1.54) is 4.68 Å². The quantitative estimate of drug-likeness (QED) is 0.804. The molecule has 1 aromatic heterocycles. The number of halogens is 2. The summed E-state index contributed by atoms with van der Waals surface area (Å²) in [4.78, 5) is 10.6. The first-order valence-electron chi connectivity index (χ1n) is 4.34. The summed E-state index contributed by atoms with van der Waals surface area (Å²) < 4.78 is 30.8. The molecular formula is C8H8F2N2O3. The van der Waals surface area contributed by atoms with E-state index in [2.05, 4.69) is 5.10 Å². The normalized spacial score (nSPS) is 19.8. The smallest absolute Gasteiger partial charge is 0.356 e. The molecule has 0 radical (unpaired) electrons. The van der Waals surface area contributed by atoms with Gasteiger partial charge in [-0.05, 0) is 0 Å². The minimum atomic E-state index is -2.57. The molecule has 0 fully saturated rings. The van der Waals surface area contributed by atoms with Crippen molar-refractivity contribution in [3.8, 4) is 5.88 Å². The molecule has 15 heavy (non-hydrogen) atoms. The molecule has 0 saturated heterocycles. The number of carboxylic acids is 1. The number of carboxylic acid groups (broad SMARTS) is 1. The summed E-state index contributed by atoms with van der Waals surface area (Å²) in [7, 11) is 0. The lowest BCUT2D eigenvalue weighted by molar-refractivity contribution is -0.0135. The van der Waals surface area contributed by atoms with Crippen LogP contribution in [-0.4, -0.2) is 33.4 Å². The molecule has 7 heteroatoms. The van der Waals surface area contributed by atoms with Gasteiger partial charge in [-0.15, -0.1) is 0 Å². The molecule has 0 spiro atoms. The fraction of sp³-hybridized carbons (Fsp3) is 0.500. The number of nitrogens with zero attached hydrogens (tertiary/aromatic N) is 2. The van der Waals surface area contributed by atoms with Crippen LogP contribution in [0.1, 0.15) is 16.9 Å². The van der Waals surface area contributed by atoms with Gasteiger partial charge in [0.15, 0.2) is 11.8 Å². The first-order valence-corrected chi connectivity index (χ1v) is 4.34. The van der Waals surface area contributed by atoms with E-state index in [1.807, 2.05) is 0 Å². The van der Waals surface area contributed by atoms with E-state index in [-0.39, 0.29) is 24.5 Å². The number of rotatable bonds is 2. The maximum absolute atomic E-state index is 12.3. The summed E-state index contributed by atoms with van der Waals surface area (Å²) in [5.41, 5.74) is -0.195. The van der Waals surface area contributed by atoms with Gasteiger partial charge in [-0.25, -0.2) is 18.3 Å². The van der Waals surface area contributed by atoms with Crippen LogP contribution in [0.2, 0.25) is 0 Å². The molecule has 0 aromatic carbocycles. The third kappa shape index (κ3) is 1.77. The van der Waals surface area contributed by atoms with Crippen LogP contribution in [0.4, 0.5) is 8.78 Å². The highest BCUT2D eigenvalue weighted by molar-refractivity contribution is 5.85. The average Bonchev–Trinajstić information content (AvgIpc) is 2.59. The Morgan fingerprint density at radius 3 is 3.07 bits per heavy atom. The number of aryl methyl sites for hydroxylation is 1. The fourth-order valence-corrected chi connectivity index (χ4v) is 1.40. The van der Waals surface area contributed by atoms with Gasteiger partial charge in [0.05, 0.1) is 0 Å². The third-order valence-corrected chi connectivity index (χ3v) is 2.14. The molecule has 1 N–H and O–H groups in total. The van der Waals surface area contributed by atoms with Crippen molar-refractivity contribution in [2.45, 2.75) is 25.5 Å². The lowest BCUT2D eigenvalue weighted by Gasteiger charge is -2.23. The van der Waals surface area contributed by atoms with Crippen molar-refractivity contribution < 1.29 is 23.4 Å². The van der Waals surface area contributed by atoms with E-state index >= 15 is 0 Å². The Hall–Kier alpha value is -1.66. The molecular weight excluding hydrogens is 210 g/mol. The highest BCUT2D eigenvalue weighted by Crippen LogP contribution is 2.24. The Balaban J connectivity index is 2.23. The van der Waals surface area contributed by atoms with Gasteiger partial charge < -0.3 is 9.84 Å². The molecule has 0 unspecified atom stereocenters. The predicted molar refractivity (Wildman–Crippen MR) is 44.2 cm³/mol. The van der Waals surface area contributed by atoms with Crippen LogP contribution in [0.3, 0.4) is 0 Å². The standard InChI is InChI=1S/C8H8F2N2O3/c9-7(10)5-1-2-12-6(15-5)3-4(11-12)8(13)14/h3,5,7H,1-2H2,(H,13,14)/t5-/m1/s1. The van der Waals surface area contributed by atoms with E-state index in [0.717, 1.165) is 6.07 Å². The first-order chi connectivity index (χ1) is 7.08. The van der Waals surface area contributed by atoms with Crippen molar-refractivity contribution in [3.05, 3.63) is 11.8 Å². The summed E-state index contributed by atoms with van der Waals surface area (Å²) in [5, 5.41) is 12.3. The number of fused-ring (bicyclic) bond motifs is 1. The largest absolute Gasteiger partial charge is 0.476 e. The molecule has 5 nitrogen and oxygen atoms in total. The second-order valence-electron chi connectivity index (χ2n) is 3.18. The molecule has 2 rings (SSSR count). The maximum Gasteiger partial charge on any atom is 0.356 e. The van der Waals surface area contributed by atoms with Crippen LogP contribution in [0.15, 0.2) is 6.07 Å². The predicted octanol–water partition coefficient (Wildman–Crippen LogP) is 0.998. The summed E-state index contributed by atoms with van der Waals surface area (Å²) >= 11 is 0. The van der Waals surface area contributed by atoms with Crippen molar-refractivity contribution in [3.63, 3.8) is 0 Å². The molecule has 2 heterocycles. The zero-order chi connectivity index (χ0) is 11.0. The van der Waals surface area contributed by atoms with Gasteiger partial charge in [-0.2, -0.15) is 5.10 Å². The Bertz CT molecular complexity index is 391. The summed E-state index contributed by atoms with van der Waals surface area (Å²) in [6.07, 6.45) is -3.61. The minimum Gasteiger partial charge on any atom is -0.476 e. The highest BCUT2D eigenvalue weighted by atomic mass is 19.3. The van der Waals surface area contributed by atoms with Crippen LogP contribution in [0.25, 0.3) is 0 Å². The Kier molecular flexibility index (Phi) is 2.29.